The number of carboxylic acids is 1. The molecule has 52 heavy (non-hydrogen) atoms. The molecule has 6 nitrogen and oxygen atoms in total. The molecule has 0 saturated heterocycles. The molecule has 306 valence electrons. The largest absolute Gasteiger partial charge is 0.480 e. The highest BCUT2D eigenvalue weighted by Gasteiger charge is 2.14. The third-order valence-corrected chi connectivity index (χ3v) is 10.4. The van der Waals surface area contributed by atoms with Crippen LogP contribution in [0.5, 0.6) is 0 Å². The Hall–Kier alpha value is -1.85. The minimum Gasteiger partial charge on any atom is -0.480 e. The van der Waals surface area contributed by atoms with Crippen molar-refractivity contribution < 1.29 is 24.2 Å². The van der Waals surface area contributed by atoms with Crippen molar-refractivity contribution in [2.45, 2.75) is 258 Å². The fourth-order valence-electron chi connectivity index (χ4n) is 7.04. The highest BCUT2D eigenvalue weighted by atomic mass is 16.5. The van der Waals surface area contributed by atoms with Crippen molar-refractivity contribution in [3.63, 3.8) is 0 Å². The standard InChI is InChI=1S/C46H87NO5/c1-3-5-7-9-11-13-15-16-17-18-19-20-21-22-24-26-28-33-37-41-46(51)52-43(38-34-30-27-25-23-14-12-10-8-6-4-2)39-35-31-29-32-36-40-44(48)47-42-45(49)50/h16-17,43H,3-15,18-42H2,1-2H3,(H,47,48)(H,49,50)/b17-16-. The van der Waals surface area contributed by atoms with Gasteiger partial charge in [-0.15, -0.1) is 0 Å². The second-order valence-electron chi connectivity index (χ2n) is 15.7. The van der Waals surface area contributed by atoms with Gasteiger partial charge in [-0.1, -0.05) is 187 Å². The lowest BCUT2D eigenvalue weighted by Gasteiger charge is -2.18. The van der Waals surface area contributed by atoms with Gasteiger partial charge in [0.25, 0.3) is 0 Å². The molecule has 2 N–H and O–H groups in total. The lowest BCUT2D eigenvalue weighted by molar-refractivity contribution is -0.150. The molecule has 0 aliphatic rings. The number of unbranched alkanes of at least 4 members (excludes halogenated alkanes) is 29. The average Bonchev–Trinajstić information content (AvgIpc) is 3.13. The maximum atomic E-state index is 12.8. The second-order valence-corrected chi connectivity index (χ2v) is 15.7. The lowest BCUT2D eigenvalue weighted by atomic mass is 10.0. The predicted molar refractivity (Wildman–Crippen MR) is 222 cm³/mol. The molecule has 0 bridgehead atoms. The molecule has 0 radical (unpaired) electrons. The fraction of sp³-hybridized carbons (Fsp3) is 0.891. The van der Waals surface area contributed by atoms with Crippen molar-refractivity contribution in [2.24, 2.45) is 0 Å². The van der Waals surface area contributed by atoms with Gasteiger partial charge in [0, 0.05) is 12.8 Å². The summed E-state index contributed by atoms with van der Waals surface area (Å²) >= 11 is 0. The van der Waals surface area contributed by atoms with E-state index in [1.807, 2.05) is 0 Å². The zero-order valence-electron chi connectivity index (χ0n) is 34.7. The number of hydrogen-bond donors (Lipinski definition) is 2. The summed E-state index contributed by atoms with van der Waals surface area (Å²) in [6, 6.07) is 0. The number of amides is 1. The first-order valence-electron chi connectivity index (χ1n) is 22.8. The molecule has 0 aromatic carbocycles. The van der Waals surface area contributed by atoms with E-state index in [4.69, 9.17) is 9.84 Å². The smallest absolute Gasteiger partial charge is 0.322 e. The van der Waals surface area contributed by atoms with Crippen molar-refractivity contribution in [1.29, 1.82) is 0 Å². The van der Waals surface area contributed by atoms with E-state index < -0.39 is 5.97 Å². The van der Waals surface area contributed by atoms with Gasteiger partial charge < -0.3 is 15.2 Å². The van der Waals surface area contributed by atoms with Crippen LogP contribution in [0.2, 0.25) is 0 Å². The summed E-state index contributed by atoms with van der Waals surface area (Å²) in [6.45, 7) is 4.24. The third kappa shape index (κ3) is 40.9. The van der Waals surface area contributed by atoms with Crippen molar-refractivity contribution in [3.8, 4) is 0 Å². The zero-order chi connectivity index (χ0) is 38.0. The number of carbonyl (C=O) groups excluding carboxylic acids is 2. The van der Waals surface area contributed by atoms with Crippen LogP contribution in [0.25, 0.3) is 0 Å². The van der Waals surface area contributed by atoms with E-state index in [1.54, 1.807) is 0 Å². The highest BCUT2D eigenvalue weighted by molar-refractivity contribution is 5.80. The van der Waals surface area contributed by atoms with Crippen LogP contribution < -0.4 is 5.32 Å². The van der Waals surface area contributed by atoms with Crippen LogP contribution in [0.1, 0.15) is 251 Å². The van der Waals surface area contributed by atoms with Gasteiger partial charge in [0.15, 0.2) is 0 Å². The maximum absolute atomic E-state index is 12.8. The molecule has 0 fully saturated rings. The summed E-state index contributed by atoms with van der Waals surface area (Å²) in [6.07, 6.45) is 49.1. The predicted octanol–water partition coefficient (Wildman–Crippen LogP) is 14.1. The molecule has 0 aromatic heterocycles. The van der Waals surface area contributed by atoms with Crippen LogP contribution in [-0.4, -0.2) is 35.6 Å². The molecule has 0 aliphatic carbocycles. The number of rotatable bonds is 42. The Balaban J connectivity index is 4.05. The summed E-state index contributed by atoms with van der Waals surface area (Å²) < 4.78 is 6.04. The Morgan fingerprint density at radius 1 is 0.481 bits per heavy atom. The number of nitrogens with one attached hydrogen (secondary N) is 1. The van der Waals surface area contributed by atoms with Gasteiger partial charge in [0.05, 0.1) is 0 Å². The van der Waals surface area contributed by atoms with Gasteiger partial charge >= 0.3 is 11.9 Å². The second kappa shape index (κ2) is 41.9. The topological polar surface area (TPSA) is 92.7 Å². The molecule has 0 saturated carbocycles. The van der Waals surface area contributed by atoms with Crippen LogP contribution in [0.4, 0.5) is 0 Å². The van der Waals surface area contributed by atoms with Gasteiger partial charge in [-0.25, -0.2) is 0 Å². The van der Waals surface area contributed by atoms with Gasteiger partial charge in [0.1, 0.15) is 12.6 Å². The van der Waals surface area contributed by atoms with E-state index in [-0.39, 0.29) is 24.5 Å². The van der Waals surface area contributed by atoms with Crippen molar-refractivity contribution in [2.75, 3.05) is 6.54 Å². The quantitative estimate of drug-likeness (QED) is 0.0370. The first kappa shape index (κ1) is 50.1. The Bertz CT molecular complexity index is 813. The summed E-state index contributed by atoms with van der Waals surface area (Å²) in [5, 5.41) is 11.1. The number of ether oxygens (including phenoxy) is 1. The monoisotopic (exact) mass is 734 g/mol. The van der Waals surface area contributed by atoms with Gasteiger partial charge in [-0.3, -0.25) is 14.4 Å². The molecule has 0 aliphatic heterocycles. The maximum Gasteiger partial charge on any atom is 0.322 e. The van der Waals surface area contributed by atoms with E-state index >= 15 is 0 Å². The molecule has 0 spiro atoms. The van der Waals surface area contributed by atoms with E-state index in [1.165, 1.54) is 161 Å². The van der Waals surface area contributed by atoms with Gasteiger partial charge in [-0.05, 0) is 64.2 Å². The summed E-state index contributed by atoms with van der Waals surface area (Å²) in [5.74, 6) is -1.22. The van der Waals surface area contributed by atoms with Crippen LogP contribution in [0.3, 0.4) is 0 Å². The molecule has 0 rings (SSSR count). The Morgan fingerprint density at radius 2 is 0.827 bits per heavy atom. The van der Waals surface area contributed by atoms with Crippen LogP contribution in [0.15, 0.2) is 12.2 Å². The fourth-order valence-corrected chi connectivity index (χ4v) is 7.04. The normalized spacial score (nSPS) is 12.0. The van der Waals surface area contributed by atoms with Crippen molar-refractivity contribution >= 4 is 17.8 Å². The average molecular weight is 734 g/mol. The zero-order valence-corrected chi connectivity index (χ0v) is 34.7. The Morgan fingerprint density at radius 3 is 1.23 bits per heavy atom. The van der Waals surface area contributed by atoms with E-state index in [0.717, 1.165) is 64.2 Å². The molecule has 0 aromatic rings. The van der Waals surface area contributed by atoms with Crippen molar-refractivity contribution in [3.05, 3.63) is 12.2 Å². The molecule has 6 heteroatoms. The Labute approximate surface area is 322 Å². The number of carbonyl (C=O) groups is 3. The van der Waals surface area contributed by atoms with Crippen LogP contribution in [0, 0.1) is 0 Å². The van der Waals surface area contributed by atoms with E-state index in [2.05, 4.69) is 31.3 Å². The van der Waals surface area contributed by atoms with E-state index in [9.17, 15) is 14.4 Å². The molecule has 1 amide bonds. The SMILES string of the molecule is CCCCCCCC/C=C\CCCCCCCCCCCC(=O)OC(CCCCCCCCCCCCC)CCCCCCCC(=O)NCC(=O)O. The molecular weight excluding hydrogens is 647 g/mol. The van der Waals surface area contributed by atoms with Crippen LogP contribution in [-0.2, 0) is 19.1 Å². The number of esters is 1. The number of allylic oxidation sites excluding steroid dienone is 2. The first-order valence-corrected chi connectivity index (χ1v) is 22.8. The summed E-state index contributed by atoms with van der Waals surface area (Å²) in [4.78, 5) is 35.0. The number of hydrogen-bond acceptors (Lipinski definition) is 4. The van der Waals surface area contributed by atoms with E-state index in [0.29, 0.717) is 12.8 Å². The molecular formula is C46H87NO5. The van der Waals surface area contributed by atoms with Crippen LogP contribution >= 0.6 is 0 Å². The molecule has 1 unspecified atom stereocenters. The van der Waals surface area contributed by atoms with Crippen molar-refractivity contribution in [1.82, 2.24) is 5.32 Å². The van der Waals surface area contributed by atoms with Gasteiger partial charge in [-0.2, -0.15) is 0 Å². The minimum atomic E-state index is -1.01. The third-order valence-electron chi connectivity index (χ3n) is 10.4. The minimum absolute atomic E-state index is 0.0125. The summed E-state index contributed by atoms with van der Waals surface area (Å²) in [7, 11) is 0. The molecule has 0 heterocycles. The molecule has 1 atom stereocenters. The number of aliphatic carboxylic acids is 1. The Kier molecular flexibility index (Phi) is 40.4. The number of carboxylic acid groups (broad SMARTS) is 1. The summed E-state index contributed by atoms with van der Waals surface area (Å²) in [5.41, 5.74) is 0. The first-order chi connectivity index (χ1) is 25.5. The lowest BCUT2D eigenvalue weighted by Crippen LogP contribution is -2.28. The van der Waals surface area contributed by atoms with Gasteiger partial charge in [0.2, 0.25) is 5.91 Å². The highest BCUT2D eigenvalue weighted by Crippen LogP contribution is 2.19.